The molecule has 128 valence electrons. The van der Waals surface area contributed by atoms with Crippen LogP contribution in [0.25, 0.3) is 5.57 Å². The minimum absolute atomic E-state index is 0. The zero-order chi connectivity index (χ0) is 16.4. The molecule has 24 heavy (non-hydrogen) atoms. The van der Waals surface area contributed by atoms with E-state index in [0.29, 0.717) is 6.61 Å². The fraction of sp³-hybridized carbons (Fsp3) is 0.333. The van der Waals surface area contributed by atoms with Crippen molar-refractivity contribution in [3.05, 3.63) is 71.3 Å². The highest BCUT2D eigenvalue weighted by Crippen LogP contribution is 2.37. The number of hydrogen-bond donors (Lipinski definition) is 0. The highest BCUT2D eigenvalue weighted by Gasteiger charge is 2.22. The van der Waals surface area contributed by atoms with E-state index in [4.69, 9.17) is 4.74 Å². The minimum Gasteiger partial charge on any atom is -1.00 e. The summed E-state index contributed by atoms with van der Waals surface area (Å²) >= 11 is 0. The molecule has 0 N–H and O–H groups in total. The lowest BCUT2D eigenvalue weighted by Gasteiger charge is -2.31. The molecule has 0 radical (unpaired) electrons. The summed E-state index contributed by atoms with van der Waals surface area (Å²) in [7, 11) is 4.27. The first kappa shape index (κ1) is 18.6. The van der Waals surface area contributed by atoms with Crippen molar-refractivity contribution in [1.29, 1.82) is 0 Å². The van der Waals surface area contributed by atoms with Gasteiger partial charge in [0.05, 0.1) is 0 Å². The molecule has 3 rings (SSSR count). The Morgan fingerprint density at radius 2 is 1.67 bits per heavy atom. The molecule has 0 aliphatic carbocycles. The molecule has 0 fully saturated rings. The molecule has 1 aliphatic rings. The Hall–Kier alpha value is -1.77. The van der Waals surface area contributed by atoms with Gasteiger partial charge in [-0.3, -0.25) is 0 Å². The predicted octanol–water partition coefficient (Wildman–Crippen LogP) is 1.86. The molecule has 0 atom stereocenters. The van der Waals surface area contributed by atoms with Crippen molar-refractivity contribution in [3.8, 4) is 5.75 Å². The van der Waals surface area contributed by atoms with Gasteiger partial charge in [0.1, 0.15) is 12.4 Å². The zero-order valence-electron chi connectivity index (χ0n) is 15.8. The summed E-state index contributed by atoms with van der Waals surface area (Å²) in [6, 6.07) is 16.9. The van der Waals surface area contributed by atoms with Crippen LogP contribution in [0.4, 0.5) is 0 Å². The fourth-order valence-corrected chi connectivity index (χ4v) is 2.78. The number of benzene rings is 2. The average Bonchev–Trinajstić information content (AvgIpc) is 2.70. The molecule has 1 heterocycles. The molecule has 0 saturated heterocycles. The van der Waals surface area contributed by atoms with E-state index in [1.54, 1.807) is 0 Å². The molecule has 1 aliphatic heterocycles. The molecular formula is C21H26ClNO. The third kappa shape index (κ3) is 3.66. The largest absolute Gasteiger partial charge is 1.00 e. The minimum atomic E-state index is 0. The van der Waals surface area contributed by atoms with E-state index >= 15 is 0 Å². The number of nitrogens with zero attached hydrogens (tertiary/aromatic N) is 1. The first-order valence-corrected chi connectivity index (χ1v) is 8.17. The lowest BCUT2D eigenvalue weighted by atomic mass is 9.90. The predicted molar refractivity (Wildman–Crippen MR) is 97.8 cm³/mol. The van der Waals surface area contributed by atoms with Crippen molar-refractivity contribution in [2.24, 2.45) is 0 Å². The van der Waals surface area contributed by atoms with E-state index in [2.05, 4.69) is 81.4 Å². The first-order valence-electron chi connectivity index (χ1n) is 8.17. The summed E-state index contributed by atoms with van der Waals surface area (Å²) < 4.78 is 6.03. The summed E-state index contributed by atoms with van der Waals surface area (Å²) in [5.41, 5.74) is 5.12. The molecule has 2 nitrogen and oxygen atoms in total. The van der Waals surface area contributed by atoms with Crippen molar-refractivity contribution < 1.29 is 18.6 Å². The molecule has 0 aromatic heterocycles. The van der Waals surface area contributed by atoms with Gasteiger partial charge in [-0.15, -0.1) is 0 Å². The van der Waals surface area contributed by atoms with Crippen LogP contribution >= 0.6 is 0 Å². The Balaban J connectivity index is 0.00000156. The smallest absolute Gasteiger partial charge is 1.00 e. The lowest BCUT2D eigenvalue weighted by molar-refractivity contribution is -0.00000552. The van der Waals surface area contributed by atoms with Gasteiger partial charge in [0.2, 0.25) is 0 Å². The highest BCUT2D eigenvalue weighted by molar-refractivity contribution is 5.84. The van der Waals surface area contributed by atoms with Crippen molar-refractivity contribution in [2.45, 2.75) is 32.4 Å². The van der Waals surface area contributed by atoms with Crippen LogP contribution in [0.5, 0.6) is 5.75 Å². The van der Waals surface area contributed by atoms with E-state index in [0.717, 1.165) is 12.2 Å². The van der Waals surface area contributed by atoms with Crippen LogP contribution < -0.4 is 17.1 Å². The van der Waals surface area contributed by atoms with Crippen molar-refractivity contribution in [3.63, 3.8) is 0 Å². The maximum absolute atomic E-state index is 6.03. The van der Waals surface area contributed by atoms with E-state index in [1.807, 2.05) is 6.07 Å². The molecule has 3 heteroatoms. The highest BCUT2D eigenvalue weighted by atomic mass is 35.5. The van der Waals surface area contributed by atoms with Gasteiger partial charge in [-0.25, -0.2) is 0 Å². The van der Waals surface area contributed by atoms with E-state index in [9.17, 15) is 0 Å². The Morgan fingerprint density at radius 1 is 1.04 bits per heavy atom. The normalized spacial score (nSPS) is 15.1. The maximum atomic E-state index is 6.03. The van der Waals surface area contributed by atoms with Gasteiger partial charge in [0.15, 0.2) is 0 Å². The van der Waals surface area contributed by atoms with Gasteiger partial charge in [-0.05, 0) is 57.1 Å². The van der Waals surface area contributed by atoms with Crippen LogP contribution in [-0.4, -0.2) is 24.5 Å². The second-order valence-electron chi connectivity index (χ2n) is 6.97. The van der Waals surface area contributed by atoms with Crippen molar-refractivity contribution in [2.75, 3.05) is 14.1 Å². The summed E-state index contributed by atoms with van der Waals surface area (Å²) in [4.78, 5) is 2.27. The van der Waals surface area contributed by atoms with Crippen LogP contribution in [-0.2, 0) is 6.61 Å². The van der Waals surface area contributed by atoms with Gasteiger partial charge >= 0.3 is 1.43 Å². The number of fused-ring (bicyclic) bond motifs is 2. The Bertz CT molecular complexity index is 691. The third-order valence-corrected chi connectivity index (χ3v) is 4.88. The zero-order valence-corrected chi connectivity index (χ0v) is 15.6. The monoisotopic (exact) mass is 343 g/mol. The quantitative estimate of drug-likeness (QED) is 0.843. The summed E-state index contributed by atoms with van der Waals surface area (Å²) in [6.07, 6.45) is 3.35. The van der Waals surface area contributed by atoms with Crippen LogP contribution in [0.1, 0.15) is 38.4 Å². The van der Waals surface area contributed by atoms with E-state index in [-0.39, 0.29) is 19.4 Å². The first-order chi connectivity index (χ1) is 11.0. The standard InChI is InChI=1S/C21H25NO.ClH/c1-21(2,22(3)4)14-13-18-17-10-6-5-9-16(17)15-23-20-12-8-7-11-19(18)20;/h5-13H,14-15H2,1-4H3;1H/b18-13+;. The van der Waals surface area contributed by atoms with Crippen LogP contribution in [0, 0.1) is 0 Å². The number of ether oxygens (including phenoxy) is 1. The van der Waals surface area contributed by atoms with Gasteiger partial charge in [0.25, 0.3) is 0 Å². The molecule has 0 bridgehead atoms. The third-order valence-electron chi connectivity index (χ3n) is 4.88. The molecule has 0 spiro atoms. The number of halogens is 1. The Morgan fingerprint density at radius 3 is 2.38 bits per heavy atom. The van der Waals surface area contributed by atoms with Gasteiger partial charge in [-0.1, -0.05) is 48.5 Å². The summed E-state index contributed by atoms with van der Waals surface area (Å²) in [5.74, 6) is 0.970. The summed E-state index contributed by atoms with van der Waals surface area (Å²) in [6.45, 7) is 5.17. The van der Waals surface area contributed by atoms with Crippen LogP contribution in [0.3, 0.4) is 0 Å². The van der Waals surface area contributed by atoms with Crippen molar-refractivity contribution >= 4 is 5.57 Å². The molecule has 2 aromatic carbocycles. The van der Waals surface area contributed by atoms with Gasteiger partial charge in [0, 0.05) is 11.1 Å². The van der Waals surface area contributed by atoms with E-state index in [1.165, 1.54) is 22.3 Å². The molecular weight excluding hydrogens is 318 g/mol. The Kier molecular flexibility index (Phi) is 5.74. The fourth-order valence-electron chi connectivity index (χ4n) is 2.78. The van der Waals surface area contributed by atoms with E-state index < -0.39 is 0 Å². The number of hydrogen-bond acceptors (Lipinski definition) is 2. The topological polar surface area (TPSA) is 12.5 Å². The second kappa shape index (κ2) is 7.42. The number of rotatable bonds is 3. The van der Waals surface area contributed by atoms with Gasteiger partial charge < -0.3 is 22.0 Å². The number of para-hydroxylation sites is 1. The van der Waals surface area contributed by atoms with Gasteiger partial charge in [-0.2, -0.15) is 0 Å². The molecule has 0 unspecified atom stereocenters. The Labute approximate surface area is 153 Å². The van der Waals surface area contributed by atoms with Crippen molar-refractivity contribution in [1.82, 2.24) is 4.90 Å². The van der Waals surface area contributed by atoms with Crippen LogP contribution in [0.2, 0.25) is 0 Å². The second-order valence-corrected chi connectivity index (χ2v) is 6.97. The summed E-state index contributed by atoms with van der Waals surface area (Å²) in [5, 5.41) is 0. The van der Waals surface area contributed by atoms with Crippen LogP contribution in [0.15, 0.2) is 54.6 Å². The lowest BCUT2D eigenvalue weighted by Crippen LogP contribution is -3.00. The molecule has 0 saturated carbocycles. The SMILES string of the molecule is CN(C)C(C)(C)C/C=C1\c2ccccc2COc2ccccc21.[Cl-].[H+]. The molecule has 0 amide bonds. The average molecular weight is 344 g/mol. The maximum Gasteiger partial charge on any atom is 1.00 e. The molecule has 2 aromatic rings.